The molecule has 13 nitrogen and oxygen atoms in total. The van der Waals surface area contributed by atoms with Crippen molar-refractivity contribution >= 4 is 39.0 Å². The van der Waals surface area contributed by atoms with Crippen molar-refractivity contribution in [2.75, 3.05) is 26.8 Å². The molecule has 0 radical (unpaired) electrons. The fourth-order valence-electron chi connectivity index (χ4n) is 4.72. The minimum Gasteiger partial charge on any atom is -0.462 e. The Morgan fingerprint density at radius 1 is 0.933 bits per heavy atom. The van der Waals surface area contributed by atoms with Gasteiger partial charge in [-0.05, 0) is 69.3 Å². The third kappa shape index (κ3) is 7.19. The summed E-state index contributed by atoms with van der Waals surface area (Å²) in [5, 5.41) is 2.52. The van der Waals surface area contributed by atoms with Gasteiger partial charge in [-0.1, -0.05) is 30.3 Å². The molecule has 1 heterocycles. The summed E-state index contributed by atoms with van der Waals surface area (Å²) in [6, 6.07) is 15.7. The number of hydrogen-bond acceptors (Lipinski definition) is 10. The molecule has 3 aromatic carbocycles. The number of rotatable bonds is 11. The predicted molar refractivity (Wildman–Crippen MR) is 164 cm³/mol. The highest BCUT2D eigenvalue weighted by Crippen LogP contribution is 2.26. The third-order valence-corrected chi connectivity index (χ3v) is 8.23. The summed E-state index contributed by atoms with van der Waals surface area (Å²) < 4.78 is 44.8. The number of para-hydroxylation sites is 1. The molecule has 0 atom stereocenters. The first kappa shape index (κ1) is 32.8. The monoisotopic (exact) mass is 636 g/mol. The number of hydrogen-bond donors (Lipinski definition) is 2. The summed E-state index contributed by atoms with van der Waals surface area (Å²) in [5.74, 6) is -1.25. The summed E-state index contributed by atoms with van der Waals surface area (Å²) in [5.41, 5.74) is 0.849. The molecule has 2 N–H and O–H groups in total. The Bertz CT molecular complexity index is 1920. The van der Waals surface area contributed by atoms with E-state index in [-0.39, 0.29) is 52.6 Å². The summed E-state index contributed by atoms with van der Waals surface area (Å²) in [4.78, 5) is 55.9. The lowest BCUT2D eigenvalue weighted by Crippen LogP contribution is -2.31. The summed E-state index contributed by atoms with van der Waals surface area (Å²) in [7, 11) is -2.82. The van der Waals surface area contributed by atoms with Crippen molar-refractivity contribution in [3.63, 3.8) is 0 Å². The fraction of sp³-hybridized carbons (Fsp3) is 0.258. The molecule has 0 aliphatic carbocycles. The second-order valence-corrected chi connectivity index (χ2v) is 11.5. The third-order valence-electron chi connectivity index (χ3n) is 6.77. The molecule has 14 heteroatoms. The number of sulfonamides is 1. The second kappa shape index (κ2) is 14.1. The Balaban J connectivity index is 1.69. The van der Waals surface area contributed by atoms with Crippen molar-refractivity contribution in [2.45, 2.75) is 32.3 Å². The van der Waals surface area contributed by atoms with Crippen molar-refractivity contribution in [3.8, 4) is 5.69 Å². The van der Waals surface area contributed by atoms with Crippen LogP contribution in [-0.4, -0.2) is 62.8 Å². The largest absolute Gasteiger partial charge is 0.462 e. The first-order chi connectivity index (χ1) is 21.5. The number of nitrogens with one attached hydrogen (secondary N) is 2. The van der Waals surface area contributed by atoms with Crippen LogP contribution in [0.15, 0.2) is 70.4 Å². The van der Waals surface area contributed by atoms with Crippen LogP contribution in [0, 0.1) is 13.8 Å². The minimum absolute atomic E-state index is 0.0456. The van der Waals surface area contributed by atoms with E-state index in [4.69, 9.17) is 14.2 Å². The zero-order valence-corrected chi connectivity index (χ0v) is 25.9. The predicted octanol–water partition coefficient (Wildman–Crippen LogP) is 3.17. The number of alkyl carbamates (subject to hydrolysis) is 1. The van der Waals surface area contributed by atoms with Gasteiger partial charge in [-0.3, -0.25) is 9.36 Å². The first-order valence-electron chi connectivity index (χ1n) is 13.9. The van der Waals surface area contributed by atoms with Gasteiger partial charge in [0, 0.05) is 0 Å². The van der Waals surface area contributed by atoms with Crippen molar-refractivity contribution in [2.24, 2.45) is 0 Å². The van der Waals surface area contributed by atoms with E-state index in [2.05, 4.69) is 15.0 Å². The van der Waals surface area contributed by atoms with Crippen LogP contribution in [0.5, 0.6) is 0 Å². The molecule has 0 aliphatic heterocycles. The van der Waals surface area contributed by atoms with Crippen LogP contribution in [0.3, 0.4) is 0 Å². The topological polar surface area (TPSA) is 172 Å². The maximum Gasteiger partial charge on any atom is 0.407 e. The SMILES string of the molecule is CCOC(=O)c1c(C)cc2nc(COC(=O)NCCOC(=O)c3ccccc3)n(-c3ccccc3S(=O)(=O)NC)c(=O)c2c1C. The number of esters is 2. The molecular weight excluding hydrogens is 604 g/mol. The number of carbonyl (C=O) groups excluding carboxylic acids is 3. The van der Waals surface area contributed by atoms with Gasteiger partial charge < -0.3 is 19.5 Å². The van der Waals surface area contributed by atoms with Gasteiger partial charge in [-0.15, -0.1) is 0 Å². The molecule has 4 aromatic rings. The molecule has 0 aliphatic rings. The van der Waals surface area contributed by atoms with E-state index in [0.29, 0.717) is 16.7 Å². The van der Waals surface area contributed by atoms with Crippen molar-refractivity contribution in [1.29, 1.82) is 0 Å². The van der Waals surface area contributed by atoms with Crippen LogP contribution < -0.4 is 15.6 Å². The molecule has 0 saturated heterocycles. The van der Waals surface area contributed by atoms with Crippen molar-refractivity contribution in [3.05, 3.63) is 99.1 Å². The van der Waals surface area contributed by atoms with Gasteiger partial charge in [0.2, 0.25) is 10.0 Å². The second-order valence-electron chi connectivity index (χ2n) is 9.66. The lowest BCUT2D eigenvalue weighted by atomic mass is 9.98. The molecular formula is C31H32N4O9S. The number of aromatic nitrogens is 2. The molecule has 45 heavy (non-hydrogen) atoms. The minimum atomic E-state index is -4.06. The standard InChI is InChI=1S/C31H32N4O9S/c1-5-42-30(38)26-19(2)17-22-27(20(26)3)28(36)35(23-13-9-10-14-24(23)45(40,41)32-4)25(34-22)18-44-31(39)33-15-16-43-29(37)21-11-7-6-8-12-21/h6-14,17,32H,5,15-16,18H2,1-4H3,(H,33,39). The van der Waals surface area contributed by atoms with E-state index in [1.54, 1.807) is 63.2 Å². The Morgan fingerprint density at radius 2 is 1.62 bits per heavy atom. The normalized spacial score (nSPS) is 11.2. The van der Waals surface area contributed by atoms with Crippen LogP contribution in [0.25, 0.3) is 16.6 Å². The number of benzene rings is 3. The quantitative estimate of drug-likeness (QED) is 0.142. The van der Waals surface area contributed by atoms with Crippen molar-refractivity contribution in [1.82, 2.24) is 19.6 Å². The molecule has 236 valence electrons. The van der Waals surface area contributed by atoms with E-state index < -0.39 is 40.2 Å². The smallest absolute Gasteiger partial charge is 0.407 e. The Kier molecular flexibility index (Phi) is 10.3. The highest BCUT2D eigenvalue weighted by molar-refractivity contribution is 7.89. The van der Waals surface area contributed by atoms with Crippen LogP contribution in [0.4, 0.5) is 4.79 Å². The molecule has 0 spiro atoms. The van der Waals surface area contributed by atoms with Gasteiger partial charge >= 0.3 is 18.0 Å². The van der Waals surface area contributed by atoms with E-state index >= 15 is 0 Å². The number of fused-ring (bicyclic) bond motifs is 1. The maximum atomic E-state index is 14.2. The highest BCUT2D eigenvalue weighted by Gasteiger charge is 2.25. The molecule has 1 aromatic heterocycles. The lowest BCUT2D eigenvalue weighted by Gasteiger charge is -2.19. The van der Waals surface area contributed by atoms with E-state index in [9.17, 15) is 27.6 Å². The van der Waals surface area contributed by atoms with Crippen LogP contribution in [0.1, 0.15) is 44.6 Å². The van der Waals surface area contributed by atoms with E-state index in [1.165, 1.54) is 25.2 Å². The molecule has 1 amide bonds. The summed E-state index contributed by atoms with van der Waals surface area (Å²) in [6.45, 7) is 4.32. The maximum absolute atomic E-state index is 14.2. The van der Waals surface area contributed by atoms with Gasteiger partial charge in [-0.2, -0.15) is 0 Å². The average Bonchev–Trinajstić information content (AvgIpc) is 3.02. The molecule has 0 bridgehead atoms. The summed E-state index contributed by atoms with van der Waals surface area (Å²) in [6.07, 6.45) is -0.896. The number of ether oxygens (including phenoxy) is 3. The fourth-order valence-corrected chi connectivity index (χ4v) is 5.63. The molecule has 0 unspecified atom stereocenters. The average molecular weight is 637 g/mol. The molecule has 0 fully saturated rings. The number of nitrogens with zero attached hydrogens (tertiary/aromatic N) is 2. The van der Waals surface area contributed by atoms with Gasteiger partial charge in [0.05, 0.1) is 40.9 Å². The Labute approximate surface area is 259 Å². The summed E-state index contributed by atoms with van der Waals surface area (Å²) >= 11 is 0. The van der Waals surface area contributed by atoms with Crippen LogP contribution in [-0.2, 0) is 30.8 Å². The van der Waals surface area contributed by atoms with Crippen molar-refractivity contribution < 1.29 is 37.0 Å². The Hall–Kier alpha value is -5.08. The van der Waals surface area contributed by atoms with Crippen LogP contribution >= 0.6 is 0 Å². The van der Waals surface area contributed by atoms with E-state index in [1.807, 2.05) is 0 Å². The zero-order valence-electron chi connectivity index (χ0n) is 25.1. The highest BCUT2D eigenvalue weighted by atomic mass is 32.2. The van der Waals surface area contributed by atoms with Crippen LogP contribution in [0.2, 0.25) is 0 Å². The zero-order chi connectivity index (χ0) is 32.7. The number of amides is 1. The van der Waals surface area contributed by atoms with Gasteiger partial charge in [0.25, 0.3) is 5.56 Å². The number of aryl methyl sites for hydroxylation is 2. The first-order valence-corrected chi connectivity index (χ1v) is 15.4. The Morgan fingerprint density at radius 3 is 2.31 bits per heavy atom. The lowest BCUT2D eigenvalue weighted by molar-refractivity contribution is 0.0500. The van der Waals surface area contributed by atoms with Gasteiger partial charge in [-0.25, -0.2) is 32.5 Å². The van der Waals surface area contributed by atoms with Gasteiger partial charge in [0.1, 0.15) is 11.5 Å². The molecule has 0 saturated carbocycles. The molecule has 4 rings (SSSR count). The van der Waals surface area contributed by atoms with E-state index in [0.717, 1.165) is 4.57 Å². The van der Waals surface area contributed by atoms with Gasteiger partial charge in [0.15, 0.2) is 12.4 Å². The number of carbonyl (C=O) groups is 3.